The number of hydrogen-bond donors (Lipinski definition) is 1. The van der Waals surface area contributed by atoms with Gasteiger partial charge in [0.05, 0.1) is 0 Å². The van der Waals surface area contributed by atoms with E-state index in [1.165, 1.54) is 17.0 Å². The molecule has 5 heteroatoms. The Bertz CT molecular complexity index is 757. The summed E-state index contributed by atoms with van der Waals surface area (Å²) >= 11 is 0. The van der Waals surface area contributed by atoms with Crippen molar-refractivity contribution in [1.29, 1.82) is 0 Å². The minimum atomic E-state index is -0.957. The summed E-state index contributed by atoms with van der Waals surface area (Å²) in [5.41, 5.74) is 1.73. The first-order valence-electron chi connectivity index (χ1n) is 7.36. The highest BCUT2D eigenvalue weighted by atomic mass is 19.1. The number of carbonyl (C=O) groups is 2. The van der Waals surface area contributed by atoms with Gasteiger partial charge in [-0.25, -0.2) is 4.39 Å². The molecule has 1 amide bonds. The third-order valence-corrected chi connectivity index (χ3v) is 4.29. The lowest BCUT2D eigenvalue weighted by molar-refractivity contribution is -0.140. The van der Waals surface area contributed by atoms with Crippen molar-refractivity contribution >= 4 is 11.9 Å². The minimum absolute atomic E-state index is 0.199. The molecular formula is C18H16FNO3. The fourth-order valence-corrected chi connectivity index (χ4v) is 3.08. The van der Waals surface area contributed by atoms with Gasteiger partial charge in [0.2, 0.25) is 0 Å². The second-order valence-corrected chi connectivity index (χ2v) is 5.70. The summed E-state index contributed by atoms with van der Waals surface area (Å²) in [5.74, 6) is -2.28. The summed E-state index contributed by atoms with van der Waals surface area (Å²) < 4.78 is 13.0. The molecule has 0 radical (unpaired) electrons. The third kappa shape index (κ3) is 2.70. The van der Waals surface area contributed by atoms with E-state index in [9.17, 15) is 19.1 Å². The van der Waals surface area contributed by atoms with Crippen LogP contribution in [-0.4, -0.2) is 27.9 Å². The SMILES string of the molecule is CC1C(C(=O)O)c2ccccc2C(=O)N1Cc1ccc(F)cc1. The lowest BCUT2D eigenvalue weighted by Gasteiger charge is -2.38. The molecule has 0 aliphatic carbocycles. The largest absolute Gasteiger partial charge is 0.481 e. The number of carbonyl (C=O) groups excluding carboxylic acids is 1. The van der Waals surface area contributed by atoms with Crippen LogP contribution in [0.1, 0.15) is 34.3 Å². The summed E-state index contributed by atoms with van der Waals surface area (Å²) in [6, 6.07) is 12.2. The first kappa shape index (κ1) is 15.2. The summed E-state index contributed by atoms with van der Waals surface area (Å²) in [6.07, 6.45) is 0. The molecule has 1 aliphatic rings. The van der Waals surface area contributed by atoms with Gasteiger partial charge in [0.25, 0.3) is 5.91 Å². The number of benzene rings is 2. The molecule has 4 nitrogen and oxygen atoms in total. The standard InChI is InChI=1S/C18H16FNO3/c1-11-16(18(22)23)14-4-2-3-5-15(14)17(21)20(11)10-12-6-8-13(19)9-7-12/h2-9,11,16H,10H2,1H3,(H,22,23). The van der Waals surface area contributed by atoms with Gasteiger partial charge in [0.15, 0.2) is 0 Å². The molecule has 2 aromatic rings. The summed E-state index contributed by atoms with van der Waals surface area (Å²) in [7, 11) is 0. The Morgan fingerprint density at radius 2 is 1.83 bits per heavy atom. The van der Waals surface area contributed by atoms with E-state index in [2.05, 4.69) is 0 Å². The van der Waals surface area contributed by atoms with E-state index in [0.29, 0.717) is 11.1 Å². The lowest BCUT2D eigenvalue weighted by atomic mass is 9.83. The maximum Gasteiger partial charge on any atom is 0.313 e. The fraction of sp³-hybridized carbons (Fsp3) is 0.222. The molecule has 118 valence electrons. The Balaban J connectivity index is 1.99. The maximum absolute atomic E-state index is 13.0. The number of halogens is 1. The van der Waals surface area contributed by atoms with Crippen LogP contribution in [-0.2, 0) is 11.3 Å². The maximum atomic E-state index is 13.0. The van der Waals surface area contributed by atoms with Crippen molar-refractivity contribution in [3.63, 3.8) is 0 Å². The van der Waals surface area contributed by atoms with Crippen LogP contribution in [0, 0.1) is 5.82 Å². The third-order valence-electron chi connectivity index (χ3n) is 4.29. The van der Waals surface area contributed by atoms with E-state index >= 15 is 0 Å². The van der Waals surface area contributed by atoms with Crippen LogP contribution in [0.2, 0.25) is 0 Å². The number of carboxylic acid groups (broad SMARTS) is 1. The van der Waals surface area contributed by atoms with Gasteiger partial charge < -0.3 is 10.0 Å². The summed E-state index contributed by atoms with van der Waals surface area (Å²) in [4.78, 5) is 26.0. The molecule has 1 heterocycles. The second-order valence-electron chi connectivity index (χ2n) is 5.70. The molecule has 0 fully saturated rings. The van der Waals surface area contributed by atoms with E-state index in [1.54, 1.807) is 43.3 Å². The van der Waals surface area contributed by atoms with Crippen molar-refractivity contribution in [2.75, 3.05) is 0 Å². The number of aliphatic carboxylic acids is 1. The zero-order valence-corrected chi connectivity index (χ0v) is 12.6. The van der Waals surface area contributed by atoms with Crippen LogP contribution in [0.3, 0.4) is 0 Å². The molecule has 0 bridgehead atoms. The van der Waals surface area contributed by atoms with Gasteiger partial charge in [-0.2, -0.15) is 0 Å². The van der Waals surface area contributed by atoms with Crippen LogP contribution >= 0.6 is 0 Å². The molecule has 2 aromatic carbocycles. The van der Waals surface area contributed by atoms with Crippen LogP contribution in [0.5, 0.6) is 0 Å². The molecule has 3 rings (SSSR count). The van der Waals surface area contributed by atoms with Crippen LogP contribution in [0.25, 0.3) is 0 Å². The molecule has 23 heavy (non-hydrogen) atoms. The zero-order chi connectivity index (χ0) is 16.6. The Morgan fingerprint density at radius 1 is 1.17 bits per heavy atom. The first-order chi connectivity index (χ1) is 11.0. The highest BCUT2D eigenvalue weighted by Gasteiger charge is 2.40. The van der Waals surface area contributed by atoms with Crippen LogP contribution < -0.4 is 0 Å². The predicted octanol–water partition coefficient (Wildman–Crippen LogP) is 3.04. The Morgan fingerprint density at radius 3 is 2.48 bits per heavy atom. The predicted molar refractivity (Wildman–Crippen MR) is 82.6 cm³/mol. The van der Waals surface area contributed by atoms with Crippen molar-refractivity contribution in [2.45, 2.75) is 25.4 Å². The van der Waals surface area contributed by atoms with Crippen LogP contribution in [0.4, 0.5) is 4.39 Å². The molecule has 1 N–H and O–H groups in total. The lowest BCUT2D eigenvalue weighted by Crippen LogP contribution is -2.48. The summed E-state index contributed by atoms with van der Waals surface area (Å²) in [6.45, 7) is 1.98. The van der Waals surface area contributed by atoms with Gasteiger partial charge in [-0.15, -0.1) is 0 Å². The van der Waals surface area contributed by atoms with Crippen molar-refractivity contribution < 1.29 is 19.1 Å². The molecule has 0 aromatic heterocycles. The van der Waals surface area contributed by atoms with E-state index in [1.807, 2.05) is 0 Å². The van der Waals surface area contributed by atoms with E-state index < -0.39 is 17.9 Å². The first-order valence-corrected chi connectivity index (χ1v) is 7.36. The number of nitrogens with zero attached hydrogens (tertiary/aromatic N) is 1. The molecular weight excluding hydrogens is 297 g/mol. The topological polar surface area (TPSA) is 57.6 Å². The molecule has 0 saturated carbocycles. The average Bonchev–Trinajstić information content (AvgIpc) is 2.53. The van der Waals surface area contributed by atoms with Crippen LogP contribution in [0.15, 0.2) is 48.5 Å². The van der Waals surface area contributed by atoms with Gasteiger partial charge in [0.1, 0.15) is 11.7 Å². The van der Waals surface area contributed by atoms with Gasteiger partial charge in [-0.05, 0) is 36.2 Å². The second kappa shape index (κ2) is 5.83. The van der Waals surface area contributed by atoms with Gasteiger partial charge in [-0.3, -0.25) is 9.59 Å². The highest BCUT2D eigenvalue weighted by molar-refractivity contribution is 6.00. The monoisotopic (exact) mass is 313 g/mol. The molecule has 0 spiro atoms. The quantitative estimate of drug-likeness (QED) is 0.947. The Kier molecular flexibility index (Phi) is 3.86. The fourth-order valence-electron chi connectivity index (χ4n) is 3.08. The molecule has 0 saturated heterocycles. The van der Waals surface area contributed by atoms with Gasteiger partial charge in [-0.1, -0.05) is 30.3 Å². The highest BCUT2D eigenvalue weighted by Crippen LogP contribution is 2.34. The smallest absolute Gasteiger partial charge is 0.313 e. The normalized spacial score (nSPS) is 20.3. The number of hydrogen-bond acceptors (Lipinski definition) is 2. The number of rotatable bonds is 3. The summed E-state index contributed by atoms with van der Waals surface area (Å²) in [5, 5.41) is 9.57. The van der Waals surface area contributed by atoms with Gasteiger partial charge in [0, 0.05) is 18.2 Å². The van der Waals surface area contributed by atoms with Crippen molar-refractivity contribution in [3.8, 4) is 0 Å². The van der Waals surface area contributed by atoms with E-state index in [0.717, 1.165) is 5.56 Å². The van der Waals surface area contributed by atoms with E-state index in [-0.39, 0.29) is 18.3 Å². The minimum Gasteiger partial charge on any atom is -0.481 e. The number of carboxylic acids is 1. The number of amides is 1. The van der Waals surface area contributed by atoms with Gasteiger partial charge >= 0.3 is 5.97 Å². The Hall–Kier alpha value is -2.69. The number of fused-ring (bicyclic) bond motifs is 1. The molecule has 2 unspecified atom stereocenters. The molecule has 1 aliphatic heterocycles. The van der Waals surface area contributed by atoms with E-state index in [4.69, 9.17) is 0 Å². The Labute approximate surface area is 133 Å². The van der Waals surface area contributed by atoms with Crippen molar-refractivity contribution in [1.82, 2.24) is 4.90 Å². The zero-order valence-electron chi connectivity index (χ0n) is 12.6. The van der Waals surface area contributed by atoms with Crippen molar-refractivity contribution in [3.05, 3.63) is 71.0 Å². The van der Waals surface area contributed by atoms with Crippen molar-refractivity contribution in [2.24, 2.45) is 0 Å². The molecule has 2 atom stereocenters. The average molecular weight is 313 g/mol.